The summed E-state index contributed by atoms with van der Waals surface area (Å²) in [6.45, 7) is 1.97. The van der Waals surface area contributed by atoms with Crippen LogP contribution in [-0.2, 0) is 22.9 Å². The lowest BCUT2D eigenvalue weighted by Crippen LogP contribution is -2.28. The molecule has 0 heterocycles. The molecule has 128 valence electrons. The van der Waals surface area contributed by atoms with Gasteiger partial charge in [-0.3, -0.25) is 0 Å². The molecule has 0 spiro atoms. The Labute approximate surface area is 143 Å². The van der Waals surface area contributed by atoms with E-state index in [-0.39, 0.29) is 6.04 Å². The Hall–Kier alpha value is -1.85. The summed E-state index contributed by atoms with van der Waals surface area (Å²) >= 11 is 0. The quantitative estimate of drug-likeness (QED) is 0.870. The van der Waals surface area contributed by atoms with Crippen LogP contribution >= 0.6 is 0 Å². The van der Waals surface area contributed by atoms with E-state index >= 15 is 0 Å². The number of sulfonamides is 1. The van der Waals surface area contributed by atoms with E-state index in [1.165, 1.54) is 5.56 Å². The number of hydrogen-bond donors (Lipinski definition) is 1. The second kappa shape index (κ2) is 6.95. The van der Waals surface area contributed by atoms with Gasteiger partial charge in [0, 0.05) is 6.04 Å². The minimum absolute atomic E-state index is 0.255. The maximum atomic E-state index is 12.8. The van der Waals surface area contributed by atoms with E-state index < -0.39 is 10.0 Å². The zero-order valence-corrected chi connectivity index (χ0v) is 14.9. The molecule has 1 aliphatic carbocycles. The summed E-state index contributed by atoms with van der Waals surface area (Å²) in [5.41, 5.74) is 3.37. The smallest absolute Gasteiger partial charge is 0.241 e. The van der Waals surface area contributed by atoms with E-state index in [4.69, 9.17) is 4.74 Å². The van der Waals surface area contributed by atoms with Crippen molar-refractivity contribution in [2.75, 3.05) is 7.11 Å². The predicted octanol–water partition coefficient (Wildman–Crippen LogP) is 3.61. The number of rotatable bonds is 6. The molecule has 0 amide bonds. The maximum absolute atomic E-state index is 12.8. The molecule has 3 rings (SSSR count). The fraction of sp³-hybridized carbons (Fsp3) is 0.368. The summed E-state index contributed by atoms with van der Waals surface area (Å²) in [7, 11) is -1.92. The summed E-state index contributed by atoms with van der Waals surface area (Å²) in [6, 6.07) is 12.7. The Morgan fingerprint density at radius 3 is 2.46 bits per heavy atom. The van der Waals surface area contributed by atoms with Crippen molar-refractivity contribution in [1.29, 1.82) is 0 Å². The molecule has 2 aromatic carbocycles. The topological polar surface area (TPSA) is 55.4 Å². The lowest BCUT2D eigenvalue weighted by Gasteiger charge is -2.18. The number of benzene rings is 2. The first-order valence-electron chi connectivity index (χ1n) is 8.31. The lowest BCUT2D eigenvalue weighted by molar-refractivity contribution is 0.414. The minimum Gasteiger partial charge on any atom is -0.497 e. The Kier molecular flexibility index (Phi) is 4.92. The van der Waals surface area contributed by atoms with Crippen molar-refractivity contribution in [2.45, 2.75) is 43.5 Å². The Morgan fingerprint density at radius 1 is 1.08 bits per heavy atom. The molecular weight excluding hydrogens is 322 g/mol. The zero-order valence-electron chi connectivity index (χ0n) is 14.1. The average molecular weight is 345 g/mol. The van der Waals surface area contributed by atoms with E-state index in [1.807, 2.05) is 43.3 Å². The van der Waals surface area contributed by atoms with Crippen LogP contribution in [0.4, 0.5) is 0 Å². The van der Waals surface area contributed by atoms with Crippen molar-refractivity contribution < 1.29 is 13.2 Å². The molecule has 0 radical (unpaired) electrons. The second-order valence-electron chi connectivity index (χ2n) is 6.14. The van der Waals surface area contributed by atoms with Crippen molar-refractivity contribution in [1.82, 2.24) is 4.72 Å². The van der Waals surface area contributed by atoms with Gasteiger partial charge in [0.2, 0.25) is 10.0 Å². The largest absolute Gasteiger partial charge is 0.497 e. The summed E-state index contributed by atoms with van der Waals surface area (Å²) in [6.07, 6.45) is 3.80. The first kappa shape index (κ1) is 17.0. The van der Waals surface area contributed by atoms with Crippen molar-refractivity contribution in [3.63, 3.8) is 0 Å². The van der Waals surface area contributed by atoms with Gasteiger partial charge >= 0.3 is 0 Å². The van der Waals surface area contributed by atoms with E-state index in [9.17, 15) is 8.42 Å². The standard InChI is InChI=1S/C19H23NO3S/c1-3-19(15-7-10-17(23-2)11-8-15)20-24(21,22)18-12-9-14-5-4-6-16(14)13-18/h7-13,19-20H,3-6H2,1-2H3/t19-/m1/s1. The summed E-state index contributed by atoms with van der Waals surface area (Å²) < 4.78 is 33.5. The van der Waals surface area contributed by atoms with E-state index in [2.05, 4.69) is 4.72 Å². The molecule has 4 nitrogen and oxygen atoms in total. The van der Waals surface area contributed by atoms with Gasteiger partial charge in [-0.1, -0.05) is 25.1 Å². The fourth-order valence-electron chi connectivity index (χ4n) is 3.19. The summed E-state index contributed by atoms with van der Waals surface area (Å²) in [5.74, 6) is 0.759. The molecule has 24 heavy (non-hydrogen) atoms. The monoisotopic (exact) mass is 345 g/mol. The van der Waals surface area contributed by atoms with Gasteiger partial charge in [0.15, 0.2) is 0 Å². The van der Waals surface area contributed by atoms with Gasteiger partial charge in [0.25, 0.3) is 0 Å². The molecule has 0 aliphatic heterocycles. The molecule has 5 heteroatoms. The Bertz CT molecular complexity index is 813. The highest BCUT2D eigenvalue weighted by molar-refractivity contribution is 7.89. The van der Waals surface area contributed by atoms with Crippen LogP contribution in [0.5, 0.6) is 5.75 Å². The van der Waals surface area contributed by atoms with Gasteiger partial charge in [-0.05, 0) is 66.6 Å². The van der Waals surface area contributed by atoms with Gasteiger partial charge in [-0.25, -0.2) is 13.1 Å². The highest BCUT2D eigenvalue weighted by Crippen LogP contribution is 2.26. The molecule has 1 aliphatic rings. The van der Waals surface area contributed by atoms with Crippen LogP contribution in [0.3, 0.4) is 0 Å². The van der Waals surface area contributed by atoms with Crippen LogP contribution in [0, 0.1) is 0 Å². The van der Waals surface area contributed by atoms with Crippen molar-refractivity contribution >= 4 is 10.0 Å². The van der Waals surface area contributed by atoms with Crippen LogP contribution in [0.1, 0.15) is 42.5 Å². The van der Waals surface area contributed by atoms with Crippen LogP contribution in [0.25, 0.3) is 0 Å². The van der Waals surface area contributed by atoms with Gasteiger partial charge in [-0.15, -0.1) is 0 Å². The molecular formula is C19H23NO3S. The van der Waals surface area contributed by atoms with Gasteiger partial charge in [0.1, 0.15) is 5.75 Å². The highest BCUT2D eigenvalue weighted by Gasteiger charge is 2.22. The summed E-state index contributed by atoms with van der Waals surface area (Å²) in [4.78, 5) is 0.357. The number of methoxy groups -OCH3 is 1. The lowest BCUT2D eigenvalue weighted by atomic mass is 10.1. The zero-order chi connectivity index (χ0) is 17.2. The average Bonchev–Trinajstić information content (AvgIpc) is 3.07. The molecule has 0 saturated carbocycles. The first-order valence-corrected chi connectivity index (χ1v) is 9.80. The van der Waals surface area contributed by atoms with E-state index in [0.717, 1.165) is 36.1 Å². The van der Waals surface area contributed by atoms with Crippen molar-refractivity contribution in [3.8, 4) is 5.75 Å². The number of ether oxygens (including phenoxy) is 1. The van der Waals surface area contributed by atoms with Crippen LogP contribution in [0.15, 0.2) is 47.4 Å². The molecule has 0 aromatic heterocycles. The molecule has 0 fully saturated rings. The molecule has 0 unspecified atom stereocenters. The van der Waals surface area contributed by atoms with Gasteiger partial charge < -0.3 is 4.74 Å². The summed E-state index contributed by atoms with van der Waals surface area (Å²) in [5, 5.41) is 0. The number of hydrogen-bond acceptors (Lipinski definition) is 3. The Balaban J connectivity index is 1.83. The van der Waals surface area contributed by atoms with Gasteiger partial charge in [-0.2, -0.15) is 0 Å². The molecule has 1 N–H and O–H groups in total. The van der Waals surface area contributed by atoms with E-state index in [0.29, 0.717) is 11.3 Å². The molecule has 0 saturated heterocycles. The third-order valence-corrected chi connectivity index (χ3v) is 6.07. The molecule has 0 bridgehead atoms. The first-order chi connectivity index (χ1) is 11.5. The third-order valence-electron chi connectivity index (χ3n) is 4.60. The van der Waals surface area contributed by atoms with Crippen molar-refractivity contribution in [2.24, 2.45) is 0 Å². The van der Waals surface area contributed by atoms with Crippen LogP contribution < -0.4 is 9.46 Å². The number of aryl methyl sites for hydroxylation is 2. The second-order valence-corrected chi connectivity index (χ2v) is 7.85. The Morgan fingerprint density at radius 2 is 1.79 bits per heavy atom. The van der Waals surface area contributed by atoms with Crippen LogP contribution in [-0.4, -0.2) is 15.5 Å². The minimum atomic E-state index is -3.54. The highest BCUT2D eigenvalue weighted by atomic mass is 32.2. The number of nitrogens with one attached hydrogen (secondary N) is 1. The normalized spacial score (nSPS) is 15.1. The predicted molar refractivity (Wildman–Crippen MR) is 94.8 cm³/mol. The molecule has 1 atom stereocenters. The molecule has 2 aromatic rings. The fourth-order valence-corrected chi connectivity index (χ4v) is 4.55. The van der Waals surface area contributed by atoms with E-state index in [1.54, 1.807) is 13.2 Å². The SMILES string of the molecule is CC[C@@H](NS(=O)(=O)c1ccc2c(c1)CCC2)c1ccc(OC)cc1. The maximum Gasteiger partial charge on any atom is 0.241 e. The third kappa shape index (κ3) is 3.47. The van der Waals surface area contributed by atoms with Gasteiger partial charge in [0.05, 0.1) is 12.0 Å². The number of fused-ring (bicyclic) bond motifs is 1. The van der Waals surface area contributed by atoms with Crippen LogP contribution in [0.2, 0.25) is 0 Å². The van der Waals surface area contributed by atoms with Crippen molar-refractivity contribution in [3.05, 3.63) is 59.2 Å².